The van der Waals surface area contributed by atoms with Crippen LogP contribution in [-0.4, -0.2) is 29.5 Å². The third-order valence-corrected chi connectivity index (χ3v) is 3.04. The van der Waals surface area contributed by atoms with Crippen molar-refractivity contribution in [1.82, 2.24) is 4.90 Å². The lowest BCUT2D eigenvalue weighted by Crippen LogP contribution is -2.46. The van der Waals surface area contributed by atoms with Gasteiger partial charge in [-0.3, -0.25) is 4.79 Å². The van der Waals surface area contributed by atoms with Gasteiger partial charge >= 0.3 is 6.09 Å². The first-order valence-corrected chi connectivity index (χ1v) is 5.88. The summed E-state index contributed by atoms with van der Waals surface area (Å²) in [4.78, 5) is 24.9. The highest BCUT2D eigenvalue weighted by Gasteiger charge is 2.43. The predicted molar refractivity (Wildman–Crippen MR) is 65.4 cm³/mol. The van der Waals surface area contributed by atoms with Crippen molar-refractivity contribution in [3.63, 3.8) is 0 Å². The SMILES string of the molecule is C=C[C@H](C)CC(=O)N1C(=O)OC[C@@H]1C(C)(C)C. The summed E-state index contributed by atoms with van der Waals surface area (Å²) in [5, 5.41) is 0. The lowest BCUT2D eigenvalue weighted by atomic mass is 9.86. The van der Waals surface area contributed by atoms with Gasteiger partial charge in [-0.2, -0.15) is 0 Å². The van der Waals surface area contributed by atoms with Crippen LogP contribution in [0.25, 0.3) is 0 Å². The fourth-order valence-corrected chi connectivity index (χ4v) is 1.79. The largest absolute Gasteiger partial charge is 0.447 e. The normalized spacial score (nSPS) is 22.2. The third-order valence-electron chi connectivity index (χ3n) is 3.04. The first-order valence-electron chi connectivity index (χ1n) is 5.88. The molecule has 0 radical (unpaired) electrons. The minimum atomic E-state index is -0.522. The highest BCUT2D eigenvalue weighted by molar-refractivity contribution is 5.93. The van der Waals surface area contributed by atoms with Crippen LogP contribution in [0, 0.1) is 11.3 Å². The van der Waals surface area contributed by atoms with Gasteiger partial charge in [0.15, 0.2) is 0 Å². The Kier molecular flexibility index (Phi) is 3.96. The van der Waals surface area contributed by atoms with Gasteiger partial charge in [0.2, 0.25) is 5.91 Å². The number of amides is 2. The van der Waals surface area contributed by atoms with Crippen LogP contribution in [-0.2, 0) is 9.53 Å². The fraction of sp³-hybridized carbons (Fsp3) is 0.692. The molecule has 0 spiro atoms. The number of hydrogen-bond acceptors (Lipinski definition) is 3. The summed E-state index contributed by atoms with van der Waals surface area (Å²) >= 11 is 0. The summed E-state index contributed by atoms with van der Waals surface area (Å²) in [7, 11) is 0. The van der Waals surface area contributed by atoms with Crippen molar-refractivity contribution in [2.45, 2.75) is 40.2 Å². The Morgan fingerprint density at radius 2 is 2.24 bits per heavy atom. The average molecular weight is 239 g/mol. The molecule has 1 aliphatic rings. The van der Waals surface area contributed by atoms with Crippen LogP contribution in [0.3, 0.4) is 0 Å². The van der Waals surface area contributed by atoms with Gasteiger partial charge < -0.3 is 4.74 Å². The minimum Gasteiger partial charge on any atom is -0.447 e. The van der Waals surface area contributed by atoms with Gasteiger partial charge in [-0.25, -0.2) is 9.69 Å². The van der Waals surface area contributed by atoms with Crippen molar-refractivity contribution < 1.29 is 14.3 Å². The number of ether oxygens (including phenoxy) is 1. The summed E-state index contributed by atoms with van der Waals surface area (Å²) < 4.78 is 4.98. The predicted octanol–water partition coefficient (Wildman–Crippen LogP) is 2.59. The Hall–Kier alpha value is -1.32. The molecule has 0 aliphatic carbocycles. The minimum absolute atomic E-state index is 0.0662. The number of nitrogens with zero attached hydrogens (tertiary/aromatic N) is 1. The van der Waals surface area contributed by atoms with Gasteiger partial charge in [-0.05, 0) is 11.3 Å². The Labute approximate surface area is 103 Å². The maximum atomic E-state index is 12.1. The Morgan fingerprint density at radius 1 is 1.65 bits per heavy atom. The van der Waals surface area contributed by atoms with Gasteiger partial charge in [-0.15, -0.1) is 6.58 Å². The molecule has 1 fully saturated rings. The molecule has 4 heteroatoms. The summed E-state index contributed by atoms with van der Waals surface area (Å²) in [6.45, 7) is 11.8. The van der Waals surface area contributed by atoms with E-state index in [1.807, 2.05) is 27.7 Å². The average Bonchev–Trinajstić information content (AvgIpc) is 2.59. The molecule has 0 unspecified atom stereocenters. The van der Waals surface area contributed by atoms with E-state index >= 15 is 0 Å². The number of rotatable bonds is 3. The van der Waals surface area contributed by atoms with Gasteiger partial charge in [0, 0.05) is 6.42 Å². The van der Waals surface area contributed by atoms with E-state index in [0.717, 1.165) is 0 Å². The van der Waals surface area contributed by atoms with Gasteiger partial charge in [-0.1, -0.05) is 33.8 Å². The molecule has 0 bridgehead atoms. The van der Waals surface area contributed by atoms with Crippen LogP contribution in [0.1, 0.15) is 34.1 Å². The van der Waals surface area contributed by atoms with E-state index in [2.05, 4.69) is 6.58 Å². The van der Waals surface area contributed by atoms with Crippen molar-refractivity contribution in [2.75, 3.05) is 6.61 Å². The zero-order valence-electron chi connectivity index (χ0n) is 11.0. The first kappa shape index (κ1) is 13.7. The molecule has 1 saturated heterocycles. The smallest absolute Gasteiger partial charge is 0.416 e. The van der Waals surface area contributed by atoms with E-state index in [1.54, 1.807) is 6.08 Å². The number of hydrogen-bond donors (Lipinski definition) is 0. The summed E-state index contributed by atoms with van der Waals surface area (Å²) in [5.41, 5.74) is -0.167. The molecule has 1 rings (SSSR count). The second kappa shape index (κ2) is 4.90. The lowest BCUT2D eigenvalue weighted by Gasteiger charge is -2.31. The van der Waals surface area contributed by atoms with Gasteiger partial charge in [0.1, 0.15) is 6.61 Å². The van der Waals surface area contributed by atoms with Crippen LogP contribution < -0.4 is 0 Å². The molecular formula is C13H21NO3. The summed E-state index contributed by atoms with van der Waals surface area (Å²) in [6, 6.07) is -0.181. The Morgan fingerprint density at radius 3 is 2.71 bits per heavy atom. The van der Waals surface area contributed by atoms with Crippen LogP contribution >= 0.6 is 0 Å². The van der Waals surface area contributed by atoms with Crippen LogP contribution in [0.4, 0.5) is 4.79 Å². The Bertz CT molecular complexity index is 330. The number of cyclic esters (lactones) is 1. The molecular weight excluding hydrogens is 218 g/mol. The number of carbonyl (C=O) groups is 2. The quantitative estimate of drug-likeness (QED) is 0.711. The van der Waals surface area contributed by atoms with E-state index < -0.39 is 6.09 Å². The second-order valence-electron chi connectivity index (χ2n) is 5.64. The maximum Gasteiger partial charge on any atom is 0.416 e. The van der Waals surface area contributed by atoms with Gasteiger partial charge in [0.05, 0.1) is 6.04 Å². The zero-order chi connectivity index (χ0) is 13.2. The topological polar surface area (TPSA) is 46.6 Å². The van der Waals surface area contributed by atoms with E-state index in [1.165, 1.54) is 4.90 Å². The molecule has 96 valence electrons. The molecule has 17 heavy (non-hydrogen) atoms. The highest BCUT2D eigenvalue weighted by Crippen LogP contribution is 2.30. The third kappa shape index (κ3) is 3.08. The van der Waals surface area contributed by atoms with E-state index in [-0.39, 0.29) is 29.9 Å². The number of allylic oxidation sites excluding steroid dienone is 1. The van der Waals surface area contributed by atoms with Crippen molar-refractivity contribution in [1.29, 1.82) is 0 Å². The number of carbonyl (C=O) groups excluding carboxylic acids is 2. The van der Waals surface area contributed by atoms with E-state index in [4.69, 9.17) is 4.74 Å². The lowest BCUT2D eigenvalue weighted by molar-refractivity contribution is -0.131. The molecule has 1 aliphatic heterocycles. The van der Waals surface area contributed by atoms with Crippen LogP contribution in [0.2, 0.25) is 0 Å². The maximum absolute atomic E-state index is 12.1. The molecule has 0 aromatic heterocycles. The summed E-state index contributed by atoms with van der Waals surface area (Å²) in [6.07, 6.45) is 1.49. The Balaban J connectivity index is 2.81. The highest BCUT2D eigenvalue weighted by atomic mass is 16.6. The molecule has 0 saturated carbocycles. The van der Waals surface area contributed by atoms with Crippen molar-refractivity contribution in [2.24, 2.45) is 11.3 Å². The summed E-state index contributed by atoms with van der Waals surface area (Å²) in [5.74, 6) is -0.114. The van der Waals surface area contributed by atoms with Crippen LogP contribution in [0.5, 0.6) is 0 Å². The molecule has 4 nitrogen and oxygen atoms in total. The van der Waals surface area contributed by atoms with Crippen molar-refractivity contribution in [3.05, 3.63) is 12.7 Å². The second-order valence-corrected chi connectivity index (χ2v) is 5.64. The van der Waals surface area contributed by atoms with E-state index in [0.29, 0.717) is 6.42 Å². The molecule has 1 heterocycles. The molecule has 0 aromatic rings. The molecule has 2 amide bonds. The van der Waals surface area contributed by atoms with Crippen molar-refractivity contribution >= 4 is 12.0 Å². The monoisotopic (exact) mass is 239 g/mol. The standard InChI is InChI=1S/C13H21NO3/c1-6-9(2)7-11(15)14-10(13(3,4)5)8-17-12(14)16/h6,9-10H,1,7-8H2,2-5H3/t9-,10+/m0/s1. The fourth-order valence-electron chi connectivity index (χ4n) is 1.79. The van der Waals surface area contributed by atoms with Crippen molar-refractivity contribution in [3.8, 4) is 0 Å². The first-order chi connectivity index (χ1) is 7.77. The number of imide groups is 1. The van der Waals surface area contributed by atoms with E-state index in [9.17, 15) is 9.59 Å². The molecule has 0 N–H and O–H groups in total. The van der Waals surface area contributed by atoms with Crippen LogP contribution in [0.15, 0.2) is 12.7 Å². The molecule has 0 aromatic carbocycles. The molecule has 2 atom stereocenters. The zero-order valence-corrected chi connectivity index (χ0v) is 11.0. The van der Waals surface area contributed by atoms with Gasteiger partial charge in [0.25, 0.3) is 0 Å².